The Morgan fingerprint density at radius 3 is 2.45 bits per heavy atom. The summed E-state index contributed by atoms with van der Waals surface area (Å²) in [5.74, 6) is -1.10. The molecule has 0 saturated heterocycles. The van der Waals surface area contributed by atoms with Gasteiger partial charge in [-0.25, -0.2) is 9.98 Å². The number of nitrogens with one attached hydrogen (secondary N) is 1. The van der Waals surface area contributed by atoms with Crippen molar-refractivity contribution in [2.45, 2.75) is 31.1 Å². The first kappa shape index (κ1) is 20.7. The minimum absolute atomic E-state index is 0.0592. The number of benzene rings is 2. The molecule has 2 aromatic carbocycles. The molecule has 152 valence electrons. The molecule has 0 bridgehead atoms. The van der Waals surface area contributed by atoms with Gasteiger partial charge in [-0.2, -0.15) is 0 Å². The Balaban J connectivity index is 1.46. The molecule has 7 nitrogen and oxygen atoms in total. The Bertz CT molecular complexity index is 838. The smallest absolute Gasteiger partial charge is 0.303 e. The van der Waals surface area contributed by atoms with E-state index in [2.05, 4.69) is 15.3 Å². The Morgan fingerprint density at radius 2 is 1.79 bits per heavy atom. The van der Waals surface area contributed by atoms with E-state index in [-0.39, 0.29) is 12.3 Å². The quantitative estimate of drug-likeness (QED) is 0.401. The number of carboxylic acid groups (broad SMARTS) is 1. The van der Waals surface area contributed by atoms with Crippen molar-refractivity contribution < 1.29 is 14.6 Å². The monoisotopic (exact) mass is 394 g/mol. The molecule has 1 aliphatic heterocycles. The van der Waals surface area contributed by atoms with Gasteiger partial charge in [0.25, 0.3) is 5.91 Å². The van der Waals surface area contributed by atoms with Gasteiger partial charge in [-0.1, -0.05) is 42.5 Å². The zero-order valence-corrected chi connectivity index (χ0v) is 16.2. The first-order valence-corrected chi connectivity index (χ1v) is 9.65. The van der Waals surface area contributed by atoms with E-state index < -0.39 is 11.9 Å². The second-order valence-corrected chi connectivity index (χ2v) is 6.96. The summed E-state index contributed by atoms with van der Waals surface area (Å²) in [4.78, 5) is 19.3. The summed E-state index contributed by atoms with van der Waals surface area (Å²) < 4.78 is 5.76. The van der Waals surface area contributed by atoms with E-state index in [4.69, 9.17) is 10.5 Å². The second-order valence-electron chi connectivity index (χ2n) is 6.96. The Hall–Kier alpha value is -3.03. The molecule has 0 amide bonds. The van der Waals surface area contributed by atoms with Crippen LogP contribution >= 0.6 is 0 Å². The van der Waals surface area contributed by atoms with E-state index in [1.54, 1.807) is 12.4 Å². The van der Waals surface area contributed by atoms with Gasteiger partial charge in [0.1, 0.15) is 5.75 Å². The summed E-state index contributed by atoms with van der Waals surface area (Å²) in [5.41, 5.74) is 8.01. The molecule has 1 unspecified atom stereocenters. The van der Waals surface area contributed by atoms with Crippen LogP contribution < -0.4 is 15.8 Å². The highest BCUT2D eigenvalue weighted by atomic mass is 16.5. The number of hydrogen-bond donors (Lipinski definition) is 3. The highest BCUT2D eigenvalue weighted by Crippen LogP contribution is 2.25. The first-order valence-electron chi connectivity index (χ1n) is 9.65. The highest BCUT2D eigenvalue weighted by Gasteiger charge is 2.21. The lowest BCUT2D eigenvalue weighted by molar-refractivity contribution is -0.137. The molecule has 0 aromatic heterocycles. The third-order valence-corrected chi connectivity index (χ3v) is 4.68. The molecule has 0 aliphatic carbocycles. The number of rotatable bonds is 11. The number of aliphatic carboxylic acids is 1. The summed E-state index contributed by atoms with van der Waals surface area (Å²) in [5, 5.41) is 12.3. The normalized spacial score (nSPS) is 15.3. The average molecular weight is 394 g/mol. The van der Waals surface area contributed by atoms with Gasteiger partial charge in [-0.15, -0.1) is 0 Å². The molecule has 0 spiro atoms. The molecule has 3 rings (SSSR count). The summed E-state index contributed by atoms with van der Waals surface area (Å²) in [7, 11) is 0. The fourth-order valence-corrected chi connectivity index (χ4v) is 3.20. The van der Waals surface area contributed by atoms with Gasteiger partial charge < -0.3 is 9.84 Å². The Kier molecular flexibility index (Phi) is 7.10. The maximum absolute atomic E-state index is 11.3. The zero-order valence-electron chi connectivity index (χ0n) is 16.2. The lowest BCUT2D eigenvalue weighted by Crippen LogP contribution is -2.49. The van der Waals surface area contributed by atoms with Crippen LogP contribution in [0.4, 0.5) is 0 Å². The number of ether oxygens (including phenoxy) is 1. The van der Waals surface area contributed by atoms with Crippen LogP contribution in [-0.2, 0) is 11.2 Å². The number of carbonyl (C=O) groups is 1. The molecule has 2 aromatic rings. The largest absolute Gasteiger partial charge is 0.494 e. The average Bonchev–Trinajstić information content (AvgIpc) is 3.15. The Morgan fingerprint density at radius 1 is 1.10 bits per heavy atom. The van der Waals surface area contributed by atoms with E-state index in [0.717, 1.165) is 23.3 Å². The van der Waals surface area contributed by atoms with Crippen molar-refractivity contribution in [1.82, 2.24) is 5.32 Å². The molecule has 0 radical (unpaired) electrons. The van der Waals surface area contributed by atoms with E-state index >= 15 is 0 Å². The molecule has 4 N–H and O–H groups in total. The third kappa shape index (κ3) is 6.51. The van der Waals surface area contributed by atoms with Gasteiger partial charge in [-0.3, -0.25) is 15.8 Å². The highest BCUT2D eigenvalue weighted by molar-refractivity contribution is 6.17. The summed E-state index contributed by atoms with van der Waals surface area (Å²) in [6.07, 6.45) is 4.68. The lowest BCUT2D eigenvalue weighted by Gasteiger charge is -2.18. The van der Waals surface area contributed by atoms with Gasteiger partial charge in [0.05, 0.1) is 13.0 Å². The molecule has 1 heterocycles. The third-order valence-electron chi connectivity index (χ3n) is 4.68. The van der Waals surface area contributed by atoms with E-state index in [1.165, 1.54) is 0 Å². The van der Waals surface area contributed by atoms with Crippen molar-refractivity contribution in [3.8, 4) is 5.75 Å². The van der Waals surface area contributed by atoms with Crippen molar-refractivity contribution in [3.63, 3.8) is 0 Å². The van der Waals surface area contributed by atoms with Crippen molar-refractivity contribution in [2.75, 3.05) is 13.2 Å². The van der Waals surface area contributed by atoms with Crippen LogP contribution in [0.3, 0.4) is 0 Å². The van der Waals surface area contributed by atoms with Crippen LogP contribution in [0.1, 0.15) is 29.9 Å². The van der Waals surface area contributed by atoms with Crippen LogP contribution in [0.25, 0.3) is 0 Å². The number of nitrogens with zero attached hydrogens (tertiary/aromatic N) is 2. The van der Waals surface area contributed by atoms with Crippen LogP contribution in [0.15, 0.2) is 64.6 Å². The van der Waals surface area contributed by atoms with Crippen LogP contribution in [0, 0.1) is 0 Å². The van der Waals surface area contributed by atoms with Crippen LogP contribution in [-0.4, -0.2) is 42.6 Å². The molecular formula is C22H26N4O3. The van der Waals surface area contributed by atoms with Crippen LogP contribution in [0.5, 0.6) is 5.75 Å². The van der Waals surface area contributed by atoms with E-state index in [1.807, 2.05) is 54.6 Å². The lowest BCUT2D eigenvalue weighted by atomic mass is 9.89. The maximum atomic E-state index is 11.3. The summed E-state index contributed by atoms with van der Waals surface area (Å²) >= 11 is 0. The molecule has 1 aliphatic rings. The van der Waals surface area contributed by atoms with Crippen molar-refractivity contribution >= 4 is 18.4 Å². The second kappa shape index (κ2) is 9.95. The van der Waals surface area contributed by atoms with E-state index in [9.17, 15) is 9.90 Å². The summed E-state index contributed by atoms with van der Waals surface area (Å²) in [6, 6.07) is 17.6. The van der Waals surface area contributed by atoms with E-state index in [0.29, 0.717) is 19.6 Å². The fourth-order valence-electron chi connectivity index (χ4n) is 3.20. The zero-order chi connectivity index (χ0) is 20.5. The molecule has 29 heavy (non-hydrogen) atoms. The predicted octanol–water partition coefficient (Wildman–Crippen LogP) is 2.57. The van der Waals surface area contributed by atoms with Crippen molar-refractivity contribution in [3.05, 3.63) is 65.7 Å². The van der Waals surface area contributed by atoms with Gasteiger partial charge in [0.15, 0.2) is 0 Å². The minimum Gasteiger partial charge on any atom is -0.494 e. The number of carboxylic acids is 1. The molecule has 1 atom stereocenters. The molecule has 0 fully saturated rings. The SMILES string of the molecule is NC1(NCCCOc2ccc(CC(CC(=O)O)c3ccccc3)cc2)N=CC=N1. The maximum Gasteiger partial charge on any atom is 0.303 e. The fraction of sp³-hybridized carbons (Fsp3) is 0.318. The minimum atomic E-state index is -1.03. The number of nitrogens with two attached hydrogens (primary N) is 1. The first-order chi connectivity index (χ1) is 14.0. The summed E-state index contributed by atoms with van der Waals surface area (Å²) in [6.45, 7) is 1.18. The van der Waals surface area contributed by atoms with Gasteiger partial charge in [0, 0.05) is 19.0 Å². The molecule has 7 heteroatoms. The number of hydrogen-bond acceptors (Lipinski definition) is 6. The molecular weight excluding hydrogens is 368 g/mol. The van der Waals surface area contributed by atoms with Gasteiger partial charge in [0.2, 0.25) is 0 Å². The van der Waals surface area contributed by atoms with Crippen LogP contribution in [0.2, 0.25) is 0 Å². The predicted molar refractivity (Wildman–Crippen MR) is 114 cm³/mol. The Labute approximate surface area is 170 Å². The van der Waals surface area contributed by atoms with Crippen molar-refractivity contribution in [1.29, 1.82) is 0 Å². The number of aliphatic imine (C=N–C) groups is 2. The van der Waals surface area contributed by atoms with Gasteiger partial charge in [-0.05, 0) is 42.0 Å². The topological polar surface area (TPSA) is 109 Å². The molecule has 0 saturated carbocycles. The van der Waals surface area contributed by atoms with Gasteiger partial charge >= 0.3 is 5.97 Å². The standard InChI is InChI=1S/C22H26N4O3/c23-22(25-12-13-26-22)24-11-4-14-29-20-9-7-17(8-10-20)15-19(16-21(27)28)18-5-2-1-3-6-18/h1-3,5-10,12-13,19,24H,4,11,14-16,23H2,(H,27,28). The van der Waals surface area contributed by atoms with Crippen molar-refractivity contribution in [2.24, 2.45) is 15.7 Å².